The third-order valence-corrected chi connectivity index (χ3v) is 2.58. The molecule has 21 heavy (non-hydrogen) atoms. The summed E-state index contributed by atoms with van der Waals surface area (Å²) in [7, 11) is 0. The largest absolute Gasteiger partial charge is 0.416 e. The molecule has 1 atom stereocenters. The summed E-state index contributed by atoms with van der Waals surface area (Å²) in [5.41, 5.74) is 0.467. The molecule has 2 rings (SSSR count). The van der Waals surface area contributed by atoms with Crippen molar-refractivity contribution in [2.24, 2.45) is 0 Å². The lowest BCUT2D eigenvalue weighted by Gasteiger charge is -2.14. The molecular weight excluding hydrogens is 289 g/mol. The monoisotopic (exact) mass is 300 g/mol. The summed E-state index contributed by atoms with van der Waals surface area (Å²) < 4.78 is 37.8. The van der Waals surface area contributed by atoms with Crippen LogP contribution in [0, 0.1) is 0 Å². The van der Waals surface area contributed by atoms with Crippen LogP contribution in [0.2, 0.25) is 0 Å². The number of halogens is 3. The maximum atomic E-state index is 12.1. The van der Waals surface area contributed by atoms with Crippen LogP contribution in [-0.2, 0) is 0 Å². The number of aliphatic hydroxyl groups excluding tert-OH is 1. The molecule has 2 heterocycles. The summed E-state index contributed by atoms with van der Waals surface area (Å²) in [6.07, 6.45) is -2.87. The van der Waals surface area contributed by atoms with Crippen molar-refractivity contribution in [2.45, 2.75) is 12.3 Å². The van der Waals surface area contributed by atoms with Crippen molar-refractivity contribution in [3.8, 4) is 5.69 Å². The zero-order chi connectivity index (χ0) is 15.5. The number of amides is 1. The molecule has 1 amide bonds. The molecule has 0 aliphatic heterocycles. The number of alkyl halides is 3. The van der Waals surface area contributed by atoms with E-state index in [1.54, 1.807) is 24.5 Å². The molecule has 2 N–H and O–H groups in total. The molecule has 0 saturated heterocycles. The molecule has 0 fully saturated rings. The van der Waals surface area contributed by atoms with Gasteiger partial charge in [-0.15, -0.1) is 0 Å². The van der Waals surface area contributed by atoms with Crippen molar-refractivity contribution in [3.05, 3.63) is 42.5 Å². The van der Waals surface area contributed by atoms with Crippen LogP contribution < -0.4 is 5.32 Å². The maximum Gasteiger partial charge on any atom is 0.416 e. The number of hydrogen-bond donors (Lipinski definition) is 2. The summed E-state index contributed by atoms with van der Waals surface area (Å²) in [5.74, 6) is -0.813. The first kappa shape index (κ1) is 15.0. The van der Waals surface area contributed by atoms with Gasteiger partial charge in [-0.25, -0.2) is 4.68 Å². The highest BCUT2D eigenvalue weighted by Crippen LogP contribution is 2.19. The minimum Gasteiger partial charge on any atom is -0.382 e. The fourth-order valence-corrected chi connectivity index (χ4v) is 1.50. The van der Waals surface area contributed by atoms with Gasteiger partial charge in [0.15, 0.2) is 6.10 Å². The molecule has 0 aliphatic rings. The van der Waals surface area contributed by atoms with Crippen LogP contribution in [0.15, 0.2) is 36.8 Å². The molecule has 0 aromatic carbocycles. The Labute approximate surface area is 117 Å². The predicted molar refractivity (Wildman–Crippen MR) is 65.8 cm³/mol. The van der Waals surface area contributed by atoms with Crippen molar-refractivity contribution in [1.82, 2.24) is 20.1 Å². The third kappa shape index (κ3) is 3.78. The summed E-state index contributed by atoms with van der Waals surface area (Å²) in [5, 5.41) is 14.8. The number of hydrogen-bond acceptors (Lipinski definition) is 4. The van der Waals surface area contributed by atoms with Gasteiger partial charge in [-0.3, -0.25) is 9.78 Å². The number of nitrogens with one attached hydrogen (secondary N) is 1. The van der Waals surface area contributed by atoms with Crippen LogP contribution in [0.5, 0.6) is 0 Å². The first-order chi connectivity index (χ1) is 9.88. The van der Waals surface area contributed by atoms with Crippen LogP contribution in [0.3, 0.4) is 0 Å². The predicted octanol–water partition coefficient (Wildman–Crippen LogP) is 0.920. The van der Waals surface area contributed by atoms with Crippen LogP contribution in [0.4, 0.5) is 13.2 Å². The Kier molecular flexibility index (Phi) is 4.22. The van der Waals surface area contributed by atoms with Crippen molar-refractivity contribution < 1.29 is 23.1 Å². The highest BCUT2D eigenvalue weighted by atomic mass is 19.4. The molecule has 2 aromatic heterocycles. The van der Waals surface area contributed by atoms with Gasteiger partial charge in [0.05, 0.1) is 12.2 Å². The van der Waals surface area contributed by atoms with Gasteiger partial charge in [-0.2, -0.15) is 18.3 Å². The van der Waals surface area contributed by atoms with Gasteiger partial charge in [0, 0.05) is 18.6 Å². The Balaban J connectivity index is 2.05. The van der Waals surface area contributed by atoms with Crippen LogP contribution in [0.25, 0.3) is 5.69 Å². The van der Waals surface area contributed by atoms with E-state index < -0.39 is 24.7 Å². The summed E-state index contributed by atoms with van der Waals surface area (Å²) in [4.78, 5) is 15.5. The number of carbonyl (C=O) groups is 1. The van der Waals surface area contributed by atoms with Gasteiger partial charge >= 0.3 is 6.18 Å². The topological polar surface area (TPSA) is 80.0 Å². The minimum atomic E-state index is -4.78. The SMILES string of the molecule is O=C(NC[C@H](O)C(F)(F)F)c1cc(-n2cccn2)ccn1. The van der Waals surface area contributed by atoms with Crippen LogP contribution in [-0.4, -0.2) is 44.6 Å². The van der Waals surface area contributed by atoms with E-state index in [1.165, 1.54) is 16.9 Å². The summed E-state index contributed by atoms with van der Waals surface area (Å²) in [6, 6.07) is 4.65. The lowest BCUT2D eigenvalue weighted by atomic mass is 10.3. The average molecular weight is 300 g/mol. The lowest BCUT2D eigenvalue weighted by Crippen LogP contribution is -2.40. The number of rotatable bonds is 4. The Morgan fingerprint density at radius 3 is 2.81 bits per heavy atom. The molecule has 6 nitrogen and oxygen atoms in total. The second-order valence-electron chi connectivity index (χ2n) is 4.12. The van der Waals surface area contributed by atoms with Crippen molar-refractivity contribution in [3.63, 3.8) is 0 Å². The molecule has 0 radical (unpaired) electrons. The van der Waals surface area contributed by atoms with Crippen molar-refractivity contribution in [2.75, 3.05) is 6.54 Å². The second-order valence-corrected chi connectivity index (χ2v) is 4.12. The number of nitrogens with zero attached hydrogens (tertiary/aromatic N) is 3. The van der Waals surface area contributed by atoms with E-state index in [-0.39, 0.29) is 5.69 Å². The van der Waals surface area contributed by atoms with E-state index in [4.69, 9.17) is 5.11 Å². The molecule has 0 unspecified atom stereocenters. The molecule has 9 heteroatoms. The van der Waals surface area contributed by atoms with E-state index in [0.29, 0.717) is 5.69 Å². The van der Waals surface area contributed by atoms with Gasteiger partial charge in [0.1, 0.15) is 5.69 Å². The molecule has 0 bridgehead atoms. The summed E-state index contributed by atoms with van der Waals surface area (Å²) >= 11 is 0. The highest BCUT2D eigenvalue weighted by molar-refractivity contribution is 5.92. The molecule has 112 valence electrons. The highest BCUT2D eigenvalue weighted by Gasteiger charge is 2.38. The Hall–Kier alpha value is -2.42. The molecular formula is C12H11F3N4O2. The van der Waals surface area contributed by atoms with Gasteiger partial charge in [0.25, 0.3) is 5.91 Å². The quantitative estimate of drug-likeness (QED) is 0.880. The first-order valence-electron chi connectivity index (χ1n) is 5.87. The van der Waals surface area contributed by atoms with Gasteiger partial charge in [0.2, 0.25) is 0 Å². The van der Waals surface area contributed by atoms with Crippen molar-refractivity contribution >= 4 is 5.91 Å². The number of aromatic nitrogens is 3. The standard InChI is InChI=1S/C12H11F3N4O2/c13-12(14,15)10(20)7-17-11(21)9-6-8(2-4-16-9)19-5-1-3-18-19/h1-6,10,20H,7H2,(H,17,21)/t10-/m0/s1. The van der Waals surface area contributed by atoms with Crippen LogP contribution in [0.1, 0.15) is 10.5 Å². The van der Waals surface area contributed by atoms with Crippen LogP contribution >= 0.6 is 0 Å². The minimum absolute atomic E-state index is 0.0719. The fourth-order valence-electron chi connectivity index (χ4n) is 1.50. The van der Waals surface area contributed by atoms with E-state index in [1.807, 2.05) is 5.32 Å². The number of pyridine rings is 1. The summed E-state index contributed by atoms with van der Waals surface area (Å²) in [6.45, 7) is -0.935. The smallest absolute Gasteiger partial charge is 0.382 e. The molecule has 2 aromatic rings. The zero-order valence-corrected chi connectivity index (χ0v) is 10.6. The lowest BCUT2D eigenvalue weighted by molar-refractivity contribution is -0.201. The van der Waals surface area contributed by atoms with E-state index in [2.05, 4.69) is 10.1 Å². The molecule has 0 saturated carbocycles. The molecule has 0 aliphatic carbocycles. The Morgan fingerprint density at radius 2 is 2.19 bits per heavy atom. The fraction of sp³-hybridized carbons (Fsp3) is 0.250. The number of aliphatic hydroxyl groups is 1. The van der Waals surface area contributed by atoms with E-state index >= 15 is 0 Å². The van der Waals surface area contributed by atoms with E-state index in [9.17, 15) is 18.0 Å². The Bertz CT molecular complexity index is 613. The first-order valence-corrected chi connectivity index (χ1v) is 5.87. The Morgan fingerprint density at radius 1 is 1.43 bits per heavy atom. The van der Waals surface area contributed by atoms with Gasteiger partial charge < -0.3 is 10.4 Å². The second kappa shape index (κ2) is 5.92. The normalized spacial score (nSPS) is 13.0. The van der Waals surface area contributed by atoms with Gasteiger partial charge in [-0.05, 0) is 18.2 Å². The van der Waals surface area contributed by atoms with Crippen molar-refractivity contribution in [1.29, 1.82) is 0 Å². The third-order valence-electron chi connectivity index (χ3n) is 2.58. The number of carbonyl (C=O) groups excluding carboxylic acids is 1. The van der Waals surface area contributed by atoms with E-state index in [0.717, 1.165) is 0 Å². The average Bonchev–Trinajstić information content (AvgIpc) is 2.97. The maximum absolute atomic E-state index is 12.1. The molecule has 0 spiro atoms. The van der Waals surface area contributed by atoms with Gasteiger partial charge in [-0.1, -0.05) is 0 Å². The zero-order valence-electron chi connectivity index (χ0n) is 10.6.